The summed E-state index contributed by atoms with van der Waals surface area (Å²) in [5, 5.41) is 0. The first kappa shape index (κ1) is 22.2. The minimum atomic E-state index is -0.746. The molecule has 2 aliphatic rings. The molecule has 1 aromatic rings. The fraction of sp³-hybridized carbons (Fsp3) is 0.591. The standard InChI is InChI=1S/C22H31N3O5/c1-3-5-20(26)24(11-10-23-12-14-29-15-13-23)19-16-21(27)25(22(19)28)17-6-8-18(9-7-17)30-4-2/h6-9,19H,3-5,10-16H2,1-2H3. The van der Waals surface area contributed by atoms with Gasteiger partial charge >= 0.3 is 0 Å². The summed E-state index contributed by atoms with van der Waals surface area (Å²) in [4.78, 5) is 43.7. The van der Waals surface area contributed by atoms with E-state index in [1.807, 2.05) is 13.8 Å². The number of carbonyl (C=O) groups is 3. The van der Waals surface area contributed by atoms with Gasteiger partial charge in [0.2, 0.25) is 11.8 Å². The molecule has 8 nitrogen and oxygen atoms in total. The lowest BCUT2D eigenvalue weighted by molar-refractivity contribution is -0.138. The molecule has 0 N–H and O–H groups in total. The van der Waals surface area contributed by atoms with Crippen molar-refractivity contribution in [3.8, 4) is 5.75 Å². The minimum Gasteiger partial charge on any atom is -0.494 e. The van der Waals surface area contributed by atoms with E-state index in [-0.39, 0.29) is 24.1 Å². The number of nitrogens with zero attached hydrogens (tertiary/aromatic N) is 3. The molecule has 1 aromatic carbocycles. The summed E-state index contributed by atoms with van der Waals surface area (Å²) < 4.78 is 10.8. The second-order valence-electron chi connectivity index (χ2n) is 7.51. The van der Waals surface area contributed by atoms with Gasteiger partial charge in [-0.3, -0.25) is 19.3 Å². The summed E-state index contributed by atoms with van der Waals surface area (Å²) >= 11 is 0. The van der Waals surface area contributed by atoms with Gasteiger partial charge in [-0.05, 0) is 37.6 Å². The van der Waals surface area contributed by atoms with E-state index in [9.17, 15) is 14.4 Å². The smallest absolute Gasteiger partial charge is 0.257 e. The molecule has 0 aromatic heterocycles. The Bertz CT molecular complexity index is 746. The van der Waals surface area contributed by atoms with Crippen molar-refractivity contribution in [3.63, 3.8) is 0 Å². The molecule has 2 saturated heterocycles. The molecular weight excluding hydrogens is 386 g/mol. The average Bonchev–Trinajstić information content (AvgIpc) is 3.04. The lowest BCUT2D eigenvalue weighted by Crippen LogP contribution is -2.49. The van der Waals surface area contributed by atoms with Crippen LogP contribution in [0.1, 0.15) is 33.1 Å². The molecule has 0 radical (unpaired) electrons. The van der Waals surface area contributed by atoms with E-state index < -0.39 is 6.04 Å². The predicted octanol–water partition coefficient (Wildman–Crippen LogP) is 1.68. The largest absolute Gasteiger partial charge is 0.494 e. The molecule has 8 heteroatoms. The Hall–Kier alpha value is -2.45. The third kappa shape index (κ3) is 5.17. The lowest BCUT2D eigenvalue weighted by atomic mass is 10.1. The van der Waals surface area contributed by atoms with E-state index in [0.717, 1.165) is 13.1 Å². The quantitative estimate of drug-likeness (QED) is 0.569. The number of ether oxygens (including phenoxy) is 2. The Morgan fingerprint density at radius 1 is 1.17 bits per heavy atom. The number of rotatable bonds is 9. The molecule has 2 aliphatic heterocycles. The van der Waals surface area contributed by atoms with E-state index >= 15 is 0 Å². The highest BCUT2D eigenvalue weighted by Crippen LogP contribution is 2.28. The van der Waals surface area contributed by atoms with Crippen molar-refractivity contribution in [3.05, 3.63) is 24.3 Å². The van der Waals surface area contributed by atoms with Gasteiger partial charge in [-0.15, -0.1) is 0 Å². The SMILES string of the molecule is CCCC(=O)N(CCN1CCOCC1)C1CC(=O)N(c2ccc(OCC)cc2)C1=O. The number of benzene rings is 1. The molecular formula is C22H31N3O5. The molecule has 2 fully saturated rings. The van der Waals surface area contributed by atoms with Crippen molar-refractivity contribution in [2.24, 2.45) is 0 Å². The fourth-order valence-corrected chi connectivity index (χ4v) is 3.87. The first-order valence-electron chi connectivity index (χ1n) is 10.7. The molecule has 0 saturated carbocycles. The zero-order valence-corrected chi connectivity index (χ0v) is 17.8. The summed E-state index contributed by atoms with van der Waals surface area (Å²) in [6.07, 6.45) is 1.08. The van der Waals surface area contributed by atoms with Crippen LogP contribution in [0.2, 0.25) is 0 Å². The van der Waals surface area contributed by atoms with E-state index in [4.69, 9.17) is 9.47 Å². The van der Waals surface area contributed by atoms with Crippen LogP contribution in [0.25, 0.3) is 0 Å². The van der Waals surface area contributed by atoms with E-state index in [2.05, 4.69) is 4.90 Å². The highest BCUT2D eigenvalue weighted by Gasteiger charge is 2.44. The predicted molar refractivity (Wildman–Crippen MR) is 112 cm³/mol. The second kappa shape index (κ2) is 10.5. The van der Waals surface area contributed by atoms with Crippen LogP contribution in [0.15, 0.2) is 24.3 Å². The number of imide groups is 1. The zero-order chi connectivity index (χ0) is 21.5. The third-order valence-corrected chi connectivity index (χ3v) is 5.45. The maximum absolute atomic E-state index is 13.2. The van der Waals surface area contributed by atoms with Crippen LogP contribution in [0.5, 0.6) is 5.75 Å². The molecule has 3 rings (SSSR count). The molecule has 0 bridgehead atoms. The van der Waals surface area contributed by atoms with Crippen LogP contribution in [0.3, 0.4) is 0 Å². The van der Waals surface area contributed by atoms with E-state index in [1.165, 1.54) is 4.90 Å². The van der Waals surface area contributed by atoms with Crippen molar-refractivity contribution >= 4 is 23.4 Å². The lowest BCUT2D eigenvalue weighted by Gasteiger charge is -2.32. The molecule has 164 valence electrons. The van der Waals surface area contributed by atoms with Gasteiger partial charge in [0.25, 0.3) is 5.91 Å². The molecule has 0 aliphatic carbocycles. The van der Waals surface area contributed by atoms with Crippen LogP contribution in [0.4, 0.5) is 5.69 Å². The van der Waals surface area contributed by atoms with Crippen molar-refractivity contribution in [2.75, 3.05) is 50.9 Å². The van der Waals surface area contributed by atoms with Crippen LogP contribution >= 0.6 is 0 Å². The van der Waals surface area contributed by atoms with Gasteiger partial charge in [0.05, 0.1) is 31.9 Å². The summed E-state index contributed by atoms with van der Waals surface area (Å²) in [6, 6.07) is 6.14. The summed E-state index contributed by atoms with van der Waals surface area (Å²) in [7, 11) is 0. The summed E-state index contributed by atoms with van der Waals surface area (Å²) in [6.45, 7) is 8.44. The maximum atomic E-state index is 13.2. The first-order valence-corrected chi connectivity index (χ1v) is 10.7. The molecule has 30 heavy (non-hydrogen) atoms. The van der Waals surface area contributed by atoms with Crippen molar-refractivity contribution < 1.29 is 23.9 Å². The number of hydrogen-bond acceptors (Lipinski definition) is 6. The Balaban J connectivity index is 1.73. The van der Waals surface area contributed by atoms with Crippen LogP contribution in [0, 0.1) is 0 Å². The number of carbonyl (C=O) groups excluding carboxylic acids is 3. The Labute approximate surface area is 177 Å². The van der Waals surface area contributed by atoms with Gasteiger partial charge < -0.3 is 14.4 Å². The maximum Gasteiger partial charge on any atom is 0.257 e. The normalized spacial score (nSPS) is 19.9. The van der Waals surface area contributed by atoms with Crippen LogP contribution < -0.4 is 9.64 Å². The van der Waals surface area contributed by atoms with Crippen molar-refractivity contribution in [1.82, 2.24) is 9.80 Å². The number of anilines is 1. The highest BCUT2D eigenvalue weighted by molar-refractivity contribution is 6.23. The molecule has 1 unspecified atom stereocenters. The number of morpholine rings is 1. The van der Waals surface area contributed by atoms with Gasteiger partial charge in [0.15, 0.2) is 0 Å². The average molecular weight is 418 g/mol. The van der Waals surface area contributed by atoms with Gasteiger partial charge in [-0.1, -0.05) is 6.92 Å². The molecule has 1 atom stereocenters. The highest BCUT2D eigenvalue weighted by atomic mass is 16.5. The summed E-state index contributed by atoms with van der Waals surface area (Å²) in [5.74, 6) is -0.0157. The van der Waals surface area contributed by atoms with Crippen molar-refractivity contribution in [1.29, 1.82) is 0 Å². The molecule has 2 heterocycles. The van der Waals surface area contributed by atoms with Crippen LogP contribution in [-0.2, 0) is 19.1 Å². The van der Waals surface area contributed by atoms with E-state index in [1.54, 1.807) is 29.2 Å². The summed E-state index contributed by atoms with van der Waals surface area (Å²) in [5.41, 5.74) is 0.507. The monoisotopic (exact) mass is 417 g/mol. The van der Waals surface area contributed by atoms with Crippen LogP contribution in [-0.4, -0.2) is 79.6 Å². The molecule has 3 amide bonds. The Morgan fingerprint density at radius 3 is 2.50 bits per heavy atom. The fourth-order valence-electron chi connectivity index (χ4n) is 3.87. The minimum absolute atomic E-state index is 0.0185. The molecule has 0 spiro atoms. The third-order valence-electron chi connectivity index (χ3n) is 5.45. The number of hydrogen-bond donors (Lipinski definition) is 0. The van der Waals surface area contributed by atoms with Gasteiger partial charge in [0.1, 0.15) is 11.8 Å². The Kier molecular flexibility index (Phi) is 7.81. The Morgan fingerprint density at radius 2 is 1.87 bits per heavy atom. The van der Waals surface area contributed by atoms with Crippen molar-refractivity contribution in [2.45, 2.75) is 39.2 Å². The number of amides is 3. The topological polar surface area (TPSA) is 79.4 Å². The second-order valence-corrected chi connectivity index (χ2v) is 7.51. The van der Waals surface area contributed by atoms with Gasteiger partial charge in [-0.2, -0.15) is 0 Å². The van der Waals surface area contributed by atoms with Gasteiger partial charge in [0, 0.05) is 32.6 Å². The van der Waals surface area contributed by atoms with E-state index in [0.29, 0.717) is 57.2 Å². The van der Waals surface area contributed by atoms with Gasteiger partial charge in [-0.25, -0.2) is 4.90 Å². The first-order chi connectivity index (χ1) is 14.5. The zero-order valence-electron chi connectivity index (χ0n) is 17.8.